The van der Waals surface area contributed by atoms with Gasteiger partial charge in [0.05, 0.1) is 23.0 Å². The molecule has 0 N–H and O–H groups in total. The van der Waals surface area contributed by atoms with Crippen LogP contribution in [-0.2, 0) is 17.8 Å². The smallest absolute Gasteiger partial charge is 0.233 e. The fraction of sp³-hybridized carbons (Fsp3) is 0.261. The Morgan fingerprint density at radius 2 is 1.97 bits per heavy atom. The lowest BCUT2D eigenvalue weighted by Crippen LogP contribution is -2.33. The van der Waals surface area contributed by atoms with Crippen LogP contribution in [0.5, 0.6) is 0 Å². The fourth-order valence-corrected chi connectivity index (χ4v) is 4.43. The quantitative estimate of drug-likeness (QED) is 0.425. The number of hydrogen-bond acceptors (Lipinski definition) is 4. The Balaban J connectivity index is 1.59. The van der Waals surface area contributed by atoms with E-state index in [1.54, 1.807) is 29.6 Å². The number of halogens is 1. The number of carbonyl (C=O) groups is 1. The van der Waals surface area contributed by atoms with Gasteiger partial charge in [-0.2, -0.15) is 0 Å². The molecule has 0 spiro atoms. The summed E-state index contributed by atoms with van der Waals surface area (Å²) in [7, 11) is 0. The molecule has 0 aliphatic heterocycles. The first-order valence-corrected chi connectivity index (χ1v) is 10.7. The largest absolute Gasteiger partial charge is 0.337 e. The maximum Gasteiger partial charge on any atom is 0.233 e. The highest BCUT2D eigenvalue weighted by Crippen LogP contribution is 2.32. The van der Waals surface area contributed by atoms with E-state index in [9.17, 15) is 9.18 Å². The van der Waals surface area contributed by atoms with E-state index in [0.717, 1.165) is 34.3 Å². The molecule has 5 nitrogen and oxygen atoms in total. The molecule has 0 fully saturated rings. The van der Waals surface area contributed by atoms with Gasteiger partial charge in [0, 0.05) is 25.5 Å². The number of benzene rings is 2. The second-order valence-corrected chi connectivity index (χ2v) is 8.36. The minimum absolute atomic E-state index is 0.0410. The average molecular weight is 423 g/mol. The van der Waals surface area contributed by atoms with Gasteiger partial charge in [0.25, 0.3) is 0 Å². The van der Waals surface area contributed by atoms with Crippen molar-refractivity contribution in [2.75, 3.05) is 11.4 Å². The van der Waals surface area contributed by atoms with Gasteiger partial charge in [-0.3, -0.25) is 9.69 Å². The molecule has 1 amide bonds. The summed E-state index contributed by atoms with van der Waals surface area (Å²) in [5, 5.41) is 0.705. The maximum atomic E-state index is 13.2. The van der Waals surface area contributed by atoms with Crippen molar-refractivity contribution < 1.29 is 9.18 Å². The third-order valence-corrected chi connectivity index (χ3v) is 6.27. The number of rotatable bonds is 7. The third-order valence-electron chi connectivity index (χ3n) is 5.23. The number of anilines is 1. The third kappa shape index (κ3) is 4.41. The van der Waals surface area contributed by atoms with Crippen molar-refractivity contribution in [3.05, 3.63) is 77.6 Å². The predicted octanol–water partition coefficient (Wildman–Crippen LogP) is 4.91. The molecule has 0 aliphatic carbocycles. The summed E-state index contributed by atoms with van der Waals surface area (Å²) < 4.78 is 16.3. The number of aromatic nitrogens is 3. The highest BCUT2D eigenvalue weighted by molar-refractivity contribution is 7.22. The van der Waals surface area contributed by atoms with Crippen LogP contribution in [-0.4, -0.2) is 27.0 Å². The van der Waals surface area contributed by atoms with Crippen molar-refractivity contribution in [1.29, 1.82) is 0 Å². The van der Waals surface area contributed by atoms with E-state index < -0.39 is 0 Å². The molecule has 2 heterocycles. The normalized spacial score (nSPS) is 11.2. The minimum atomic E-state index is -0.305. The van der Waals surface area contributed by atoms with Crippen LogP contribution in [0.25, 0.3) is 10.2 Å². The number of thiazole rings is 1. The Kier molecular flexibility index (Phi) is 5.90. The molecule has 0 saturated heterocycles. The van der Waals surface area contributed by atoms with Gasteiger partial charge < -0.3 is 4.57 Å². The zero-order valence-corrected chi connectivity index (χ0v) is 17.8. The highest BCUT2D eigenvalue weighted by atomic mass is 32.1. The molecule has 30 heavy (non-hydrogen) atoms. The second kappa shape index (κ2) is 8.75. The Bertz CT molecular complexity index is 1150. The Morgan fingerprint density at radius 1 is 1.17 bits per heavy atom. The first-order valence-electron chi connectivity index (χ1n) is 9.88. The van der Waals surface area contributed by atoms with Gasteiger partial charge in [-0.05, 0) is 55.2 Å². The number of aryl methyl sites for hydroxylation is 3. The molecule has 154 valence electrons. The average Bonchev–Trinajstić information content (AvgIpc) is 3.40. The van der Waals surface area contributed by atoms with E-state index in [2.05, 4.69) is 31.0 Å². The molecule has 0 saturated carbocycles. The van der Waals surface area contributed by atoms with Crippen molar-refractivity contribution in [2.24, 2.45) is 0 Å². The van der Waals surface area contributed by atoms with E-state index in [1.165, 1.54) is 29.0 Å². The Labute approximate surface area is 178 Å². The molecule has 0 unspecified atom stereocenters. The Hall–Kier alpha value is -3.06. The van der Waals surface area contributed by atoms with Gasteiger partial charge in [0.2, 0.25) is 5.91 Å². The number of imidazole rings is 1. The van der Waals surface area contributed by atoms with Crippen LogP contribution >= 0.6 is 11.3 Å². The van der Waals surface area contributed by atoms with Crippen LogP contribution in [0.1, 0.15) is 23.1 Å². The van der Waals surface area contributed by atoms with Gasteiger partial charge >= 0.3 is 0 Å². The molecular weight excluding hydrogens is 399 g/mol. The van der Waals surface area contributed by atoms with Gasteiger partial charge in [-0.25, -0.2) is 14.4 Å². The number of carbonyl (C=O) groups excluding carboxylic acids is 1. The van der Waals surface area contributed by atoms with Crippen molar-refractivity contribution in [3.63, 3.8) is 0 Å². The number of amides is 1. The predicted molar refractivity (Wildman–Crippen MR) is 118 cm³/mol. The first-order chi connectivity index (χ1) is 14.5. The van der Waals surface area contributed by atoms with Crippen molar-refractivity contribution >= 4 is 32.6 Å². The van der Waals surface area contributed by atoms with Gasteiger partial charge in [-0.15, -0.1) is 0 Å². The number of nitrogens with zero attached hydrogens (tertiary/aromatic N) is 4. The molecule has 0 atom stereocenters. The SMILES string of the molecule is Cc1ccc2sc(N(CCCn3ccnc3)C(=O)Cc3ccc(F)cc3)nc2c1C. The monoisotopic (exact) mass is 422 g/mol. The molecule has 7 heteroatoms. The van der Waals surface area contributed by atoms with Gasteiger partial charge in [-0.1, -0.05) is 29.5 Å². The van der Waals surface area contributed by atoms with E-state index in [0.29, 0.717) is 11.7 Å². The fourth-order valence-electron chi connectivity index (χ4n) is 3.36. The summed E-state index contributed by atoms with van der Waals surface area (Å²) >= 11 is 1.53. The molecule has 0 bridgehead atoms. The lowest BCUT2D eigenvalue weighted by molar-refractivity contribution is -0.118. The van der Waals surface area contributed by atoms with E-state index in [4.69, 9.17) is 4.98 Å². The lowest BCUT2D eigenvalue weighted by Gasteiger charge is -2.20. The van der Waals surface area contributed by atoms with Gasteiger partial charge in [0.15, 0.2) is 5.13 Å². The van der Waals surface area contributed by atoms with E-state index in [-0.39, 0.29) is 18.1 Å². The topological polar surface area (TPSA) is 51.0 Å². The maximum absolute atomic E-state index is 13.2. The summed E-state index contributed by atoms with van der Waals surface area (Å²) in [6, 6.07) is 10.2. The van der Waals surface area contributed by atoms with Crippen LogP contribution in [0, 0.1) is 19.7 Å². The molecule has 4 rings (SSSR count). The summed E-state index contributed by atoms with van der Waals surface area (Å²) in [5.41, 5.74) is 4.06. The van der Waals surface area contributed by atoms with E-state index >= 15 is 0 Å². The van der Waals surface area contributed by atoms with Crippen LogP contribution in [0.2, 0.25) is 0 Å². The summed E-state index contributed by atoms with van der Waals surface area (Å²) in [6.07, 6.45) is 6.41. The summed E-state index contributed by atoms with van der Waals surface area (Å²) in [5.74, 6) is -0.346. The van der Waals surface area contributed by atoms with Crippen molar-refractivity contribution in [3.8, 4) is 0 Å². The molecule has 0 aliphatic rings. The lowest BCUT2D eigenvalue weighted by atomic mass is 10.1. The zero-order valence-electron chi connectivity index (χ0n) is 17.0. The number of hydrogen-bond donors (Lipinski definition) is 0. The second-order valence-electron chi connectivity index (χ2n) is 7.35. The zero-order chi connectivity index (χ0) is 21.1. The van der Waals surface area contributed by atoms with Crippen LogP contribution in [0.3, 0.4) is 0 Å². The standard InChI is InChI=1S/C23H23FN4OS/c1-16-4-9-20-22(17(16)2)26-23(30-20)28(12-3-11-27-13-10-25-15-27)21(29)14-18-5-7-19(24)8-6-18/h4-10,13,15H,3,11-12,14H2,1-2H3. The summed E-state index contributed by atoms with van der Waals surface area (Å²) in [6.45, 7) is 5.45. The number of fused-ring (bicyclic) bond motifs is 1. The van der Waals surface area contributed by atoms with Crippen LogP contribution in [0.15, 0.2) is 55.1 Å². The summed E-state index contributed by atoms with van der Waals surface area (Å²) in [4.78, 5) is 23.8. The highest BCUT2D eigenvalue weighted by Gasteiger charge is 2.20. The Morgan fingerprint density at radius 3 is 2.70 bits per heavy atom. The van der Waals surface area contributed by atoms with E-state index in [1.807, 2.05) is 10.8 Å². The molecule has 2 aromatic heterocycles. The molecular formula is C23H23FN4OS. The van der Waals surface area contributed by atoms with Gasteiger partial charge in [0.1, 0.15) is 5.82 Å². The van der Waals surface area contributed by atoms with Crippen LogP contribution in [0.4, 0.5) is 9.52 Å². The first kappa shape index (κ1) is 20.2. The molecule has 4 aromatic rings. The molecule has 2 aromatic carbocycles. The van der Waals surface area contributed by atoms with Crippen LogP contribution < -0.4 is 4.90 Å². The molecule has 0 radical (unpaired) electrons. The van der Waals surface area contributed by atoms with Crippen molar-refractivity contribution in [1.82, 2.24) is 14.5 Å². The van der Waals surface area contributed by atoms with Crippen molar-refractivity contribution in [2.45, 2.75) is 33.2 Å². The minimum Gasteiger partial charge on any atom is -0.337 e.